The van der Waals surface area contributed by atoms with Crippen molar-refractivity contribution in [3.8, 4) is 0 Å². The molecule has 3 heteroatoms. The van der Waals surface area contributed by atoms with Gasteiger partial charge in [0.15, 0.2) is 0 Å². The first-order valence-electron chi connectivity index (χ1n) is 3.94. The minimum Gasteiger partial charge on any atom is -0.334 e. The molecule has 0 aromatic carbocycles. The van der Waals surface area contributed by atoms with E-state index in [-0.39, 0.29) is 5.38 Å². The van der Waals surface area contributed by atoms with Crippen LogP contribution in [0.5, 0.6) is 0 Å². The minimum atomic E-state index is 0.0408. The summed E-state index contributed by atoms with van der Waals surface area (Å²) in [6.07, 6.45) is 5.76. The fourth-order valence-electron chi connectivity index (χ4n) is 1.10. The van der Waals surface area contributed by atoms with Crippen LogP contribution in [0, 0.1) is 0 Å². The van der Waals surface area contributed by atoms with Gasteiger partial charge in [-0.2, -0.15) is 0 Å². The van der Waals surface area contributed by atoms with Crippen LogP contribution in [-0.4, -0.2) is 14.9 Å². The molecule has 12 heavy (non-hydrogen) atoms. The molecule has 1 unspecified atom stereocenters. The van der Waals surface area contributed by atoms with E-state index >= 15 is 0 Å². The zero-order valence-electron chi connectivity index (χ0n) is 7.58. The van der Waals surface area contributed by atoms with E-state index in [1.54, 1.807) is 6.33 Å². The van der Waals surface area contributed by atoms with E-state index in [0.717, 1.165) is 10.7 Å². The second-order valence-electron chi connectivity index (χ2n) is 2.76. The topological polar surface area (TPSA) is 17.8 Å². The van der Waals surface area contributed by atoms with Crippen molar-refractivity contribution >= 4 is 23.8 Å². The highest BCUT2D eigenvalue weighted by atomic mass is 35.5. The third-order valence-electron chi connectivity index (χ3n) is 1.67. The lowest BCUT2D eigenvalue weighted by atomic mass is 10.4. The molecular formula is C9H13ClN2. The SMILES string of the molecule is C/C=c1/ncn(C)/c1=C/C(C)Cl. The molecule has 0 radical (unpaired) electrons. The minimum absolute atomic E-state index is 0.0408. The van der Waals surface area contributed by atoms with Crippen LogP contribution in [0.4, 0.5) is 0 Å². The van der Waals surface area contributed by atoms with Crippen molar-refractivity contribution < 1.29 is 0 Å². The lowest BCUT2D eigenvalue weighted by Crippen LogP contribution is -2.29. The zero-order valence-corrected chi connectivity index (χ0v) is 8.34. The van der Waals surface area contributed by atoms with Gasteiger partial charge < -0.3 is 4.57 Å². The average Bonchev–Trinajstić information content (AvgIpc) is 2.32. The molecule has 1 aromatic rings. The van der Waals surface area contributed by atoms with E-state index in [1.807, 2.05) is 37.6 Å². The Morgan fingerprint density at radius 1 is 1.67 bits per heavy atom. The van der Waals surface area contributed by atoms with Gasteiger partial charge in [0.25, 0.3) is 0 Å². The van der Waals surface area contributed by atoms with E-state index in [0.29, 0.717) is 0 Å². The number of aryl methyl sites for hydroxylation is 1. The van der Waals surface area contributed by atoms with Crippen molar-refractivity contribution in [3.05, 3.63) is 17.0 Å². The van der Waals surface area contributed by atoms with Gasteiger partial charge in [0.2, 0.25) is 0 Å². The molecule has 2 nitrogen and oxygen atoms in total. The predicted molar refractivity (Wildman–Crippen MR) is 52.4 cm³/mol. The summed E-state index contributed by atoms with van der Waals surface area (Å²) in [5, 5.41) is 2.11. The van der Waals surface area contributed by atoms with Gasteiger partial charge in [-0.05, 0) is 19.9 Å². The molecule has 1 rings (SSSR count). The lowest BCUT2D eigenvalue weighted by molar-refractivity contribution is 0.877. The van der Waals surface area contributed by atoms with Crippen LogP contribution in [0.2, 0.25) is 0 Å². The molecule has 0 bridgehead atoms. The van der Waals surface area contributed by atoms with Gasteiger partial charge in [0.1, 0.15) is 0 Å². The van der Waals surface area contributed by atoms with Crippen LogP contribution in [0.25, 0.3) is 12.2 Å². The Hall–Kier alpha value is -0.760. The summed E-state index contributed by atoms with van der Waals surface area (Å²) < 4.78 is 1.97. The summed E-state index contributed by atoms with van der Waals surface area (Å²) in [5.41, 5.74) is 0. The molecule has 0 saturated heterocycles. The van der Waals surface area contributed by atoms with Gasteiger partial charge >= 0.3 is 0 Å². The highest BCUT2D eigenvalue weighted by molar-refractivity contribution is 6.23. The maximum atomic E-state index is 5.86. The monoisotopic (exact) mass is 184 g/mol. The first kappa shape index (κ1) is 9.33. The third kappa shape index (κ3) is 1.89. The Kier molecular flexibility index (Phi) is 2.93. The van der Waals surface area contributed by atoms with Crippen LogP contribution in [0.1, 0.15) is 13.8 Å². The van der Waals surface area contributed by atoms with Crippen molar-refractivity contribution in [2.24, 2.45) is 7.05 Å². The Morgan fingerprint density at radius 2 is 2.33 bits per heavy atom. The van der Waals surface area contributed by atoms with Gasteiger partial charge in [0.05, 0.1) is 22.4 Å². The second kappa shape index (κ2) is 3.76. The predicted octanol–water partition coefficient (Wildman–Crippen LogP) is 0.628. The van der Waals surface area contributed by atoms with Crippen LogP contribution in [0.3, 0.4) is 0 Å². The molecule has 0 fully saturated rings. The molecule has 0 aliphatic heterocycles. The van der Waals surface area contributed by atoms with Crippen molar-refractivity contribution in [2.45, 2.75) is 19.2 Å². The summed E-state index contributed by atoms with van der Waals surface area (Å²) >= 11 is 5.86. The van der Waals surface area contributed by atoms with Crippen LogP contribution < -0.4 is 10.7 Å². The highest BCUT2D eigenvalue weighted by Gasteiger charge is 1.94. The summed E-state index contributed by atoms with van der Waals surface area (Å²) in [4.78, 5) is 4.20. The maximum Gasteiger partial charge on any atom is 0.0955 e. The molecule has 0 aliphatic rings. The van der Waals surface area contributed by atoms with Crippen molar-refractivity contribution in [1.82, 2.24) is 9.55 Å². The zero-order chi connectivity index (χ0) is 9.14. The van der Waals surface area contributed by atoms with Gasteiger partial charge in [-0.25, -0.2) is 4.98 Å². The maximum absolute atomic E-state index is 5.86. The number of hydrogen-bond donors (Lipinski definition) is 0. The van der Waals surface area contributed by atoms with E-state index in [2.05, 4.69) is 4.98 Å². The normalized spacial score (nSPS) is 17.0. The Morgan fingerprint density at radius 3 is 2.83 bits per heavy atom. The van der Waals surface area contributed by atoms with Crippen molar-refractivity contribution in [1.29, 1.82) is 0 Å². The number of hydrogen-bond acceptors (Lipinski definition) is 1. The summed E-state index contributed by atoms with van der Waals surface area (Å²) in [5.74, 6) is 0. The smallest absolute Gasteiger partial charge is 0.0955 e. The molecule has 66 valence electrons. The Labute approximate surface area is 77.2 Å². The molecule has 0 saturated carbocycles. The molecular weight excluding hydrogens is 172 g/mol. The Bertz CT molecular complexity index is 362. The number of rotatable bonds is 1. The standard InChI is InChI=1S/C9H13ClN2/c1-4-8-9(5-7(2)10)12(3)6-11-8/h4-7H,1-3H3/b8-4+,9-5+. The van der Waals surface area contributed by atoms with Gasteiger partial charge in [-0.15, -0.1) is 11.6 Å². The first-order valence-corrected chi connectivity index (χ1v) is 4.38. The molecule has 1 heterocycles. The number of alkyl halides is 1. The number of halogens is 1. The van der Waals surface area contributed by atoms with Gasteiger partial charge in [-0.3, -0.25) is 0 Å². The quantitative estimate of drug-likeness (QED) is 0.586. The summed E-state index contributed by atoms with van der Waals surface area (Å²) in [7, 11) is 1.96. The van der Waals surface area contributed by atoms with Crippen LogP contribution in [0.15, 0.2) is 6.33 Å². The summed E-state index contributed by atoms with van der Waals surface area (Å²) in [6.45, 7) is 3.91. The first-order chi connectivity index (χ1) is 5.65. The van der Waals surface area contributed by atoms with E-state index in [1.165, 1.54) is 0 Å². The van der Waals surface area contributed by atoms with E-state index in [9.17, 15) is 0 Å². The Balaban J connectivity index is 3.39. The van der Waals surface area contributed by atoms with Crippen molar-refractivity contribution in [3.63, 3.8) is 0 Å². The van der Waals surface area contributed by atoms with Gasteiger partial charge in [0, 0.05) is 7.05 Å². The van der Waals surface area contributed by atoms with E-state index in [4.69, 9.17) is 11.6 Å². The lowest BCUT2D eigenvalue weighted by Gasteiger charge is -1.92. The molecule has 1 atom stereocenters. The number of imidazole rings is 1. The molecule has 0 aliphatic carbocycles. The largest absolute Gasteiger partial charge is 0.334 e. The van der Waals surface area contributed by atoms with Gasteiger partial charge in [-0.1, -0.05) is 6.08 Å². The number of aromatic nitrogens is 2. The average molecular weight is 185 g/mol. The fraction of sp³-hybridized carbons (Fsp3) is 0.444. The van der Waals surface area contributed by atoms with Crippen molar-refractivity contribution in [2.75, 3.05) is 0 Å². The van der Waals surface area contributed by atoms with E-state index < -0.39 is 0 Å². The molecule has 0 spiro atoms. The second-order valence-corrected chi connectivity index (χ2v) is 3.45. The molecule has 1 aromatic heterocycles. The highest BCUT2D eigenvalue weighted by Crippen LogP contribution is 1.92. The third-order valence-corrected chi connectivity index (χ3v) is 1.80. The van der Waals surface area contributed by atoms with Crippen LogP contribution >= 0.6 is 11.6 Å². The molecule has 0 N–H and O–H groups in total. The summed E-state index contributed by atoms with van der Waals surface area (Å²) in [6, 6.07) is 0. The fourth-order valence-corrected chi connectivity index (χ4v) is 1.22. The number of nitrogens with zero attached hydrogens (tertiary/aromatic N) is 2. The molecule has 0 amide bonds. The van der Waals surface area contributed by atoms with Crippen LogP contribution in [-0.2, 0) is 7.05 Å².